The maximum Gasteiger partial charge on any atom is 0.213 e. The second kappa shape index (κ2) is 37.1. The van der Waals surface area contributed by atoms with Gasteiger partial charge in [-0.15, -0.1) is 0 Å². The Balaban J connectivity index is 0.000000122. The number of pyridine rings is 4. The summed E-state index contributed by atoms with van der Waals surface area (Å²) in [5, 5.41) is 0. The second-order valence-corrected chi connectivity index (χ2v) is 36.2. The average molecular weight is 1520 g/mol. The molecule has 6 fully saturated rings. The van der Waals surface area contributed by atoms with Crippen LogP contribution < -0.4 is 18.3 Å². The van der Waals surface area contributed by atoms with Crippen molar-refractivity contribution in [1.29, 1.82) is 0 Å². The quantitative estimate of drug-likeness (QED) is 0.0965. The van der Waals surface area contributed by atoms with Gasteiger partial charge in [-0.1, -0.05) is 268 Å². The molecule has 3 unspecified atom stereocenters. The van der Waals surface area contributed by atoms with E-state index in [0.29, 0.717) is 17.8 Å². The molecule has 0 saturated heterocycles. The molecule has 18 rings (SSSR count). The summed E-state index contributed by atoms with van der Waals surface area (Å²) in [7, 11) is 8.47. The van der Waals surface area contributed by atoms with Gasteiger partial charge in [-0.3, -0.25) is 0 Å². The molecule has 4 heteroatoms. The number of nitrogens with zero attached hydrogens (tertiary/aromatic N) is 4. The van der Waals surface area contributed by atoms with Crippen LogP contribution in [0.4, 0.5) is 0 Å². The van der Waals surface area contributed by atoms with Crippen LogP contribution in [0, 0.1) is 75.0 Å². The number of benzene rings is 8. The lowest BCUT2D eigenvalue weighted by Crippen LogP contribution is -2.30. The summed E-state index contributed by atoms with van der Waals surface area (Å²) in [5.41, 5.74) is 30.8. The molecule has 115 heavy (non-hydrogen) atoms. The molecule has 9 atom stereocenters. The van der Waals surface area contributed by atoms with Crippen LogP contribution in [0.25, 0.3) is 89.5 Å². The van der Waals surface area contributed by atoms with E-state index in [1.807, 2.05) is 0 Å². The van der Waals surface area contributed by atoms with Crippen molar-refractivity contribution >= 4 is 0 Å². The summed E-state index contributed by atoms with van der Waals surface area (Å²) in [4.78, 5) is 0. The van der Waals surface area contributed by atoms with Crippen LogP contribution in [0.2, 0.25) is 0 Å². The van der Waals surface area contributed by atoms with Crippen LogP contribution in [-0.2, 0) is 28.2 Å². The van der Waals surface area contributed by atoms with Crippen molar-refractivity contribution in [1.82, 2.24) is 0 Å². The minimum Gasteiger partial charge on any atom is -0.201 e. The van der Waals surface area contributed by atoms with Crippen molar-refractivity contribution in [3.05, 3.63) is 312 Å². The smallest absolute Gasteiger partial charge is 0.201 e. The minimum atomic E-state index is -0.396. The topological polar surface area (TPSA) is 15.5 Å². The van der Waals surface area contributed by atoms with E-state index in [0.717, 1.165) is 67.1 Å². The minimum absolute atomic E-state index is 0.371. The Hall–Kier alpha value is -9.64. The van der Waals surface area contributed by atoms with Crippen LogP contribution in [0.15, 0.2) is 267 Å². The number of fused-ring (bicyclic) bond motifs is 3. The molecule has 6 aliphatic rings. The zero-order valence-corrected chi connectivity index (χ0v) is 71.4. The van der Waals surface area contributed by atoms with E-state index in [9.17, 15) is 1.37 Å². The highest BCUT2D eigenvalue weighted by Gasteiger charge is 2.39. The average Bonchev–Trinajstić information content (AvgIpc) is 1.67. The Morgan fingerprint density at radius 2 is 0.557 bits per heavy atom. The molecule has 590 valence electrons. The maximum atomic E-state index is 9.25. The third-order valence-electron chi connectivity index (χ3n) is 28.1. The number of hydrogen-bond donors (Lipinski definition) is 0. The first-order valence-corrected chi connectivity index (χ1v) is 44.3. The Morgan fingerprint density at radius 1 is 0.270 bits per heavy atom. The highest BCUT2D eigenvalue weighted by molar-refractivity contribution is 5.74. The summed E-state index contributed by atoms with van der Waals surface area (Å²) >= 11 is 0. The fraction of sp³-hybridized carbons (Fsp3) is 0.387. The van der Waals surface area contributed by atoms with Gasteiger partial charge in [0.05, 0.1) is 0 Å². The van der Waals surface area contributed by atoms with E-state index >= 15 is 0 Å². The first-order chi connectivity index (χ1) is 56.6. The Bertz CT molecular complexity index is 5340. The summed E-state index contributed by atoms with van der Waals surface area (Å²) < 4.78 is 27.2. The van der Waals surface area contributed by atoms with Crippen molar-refractivity contribution in [2.24, 2.45) is 75.5 Å². The van der Waals surface area contributed by atoms with Gasteiger partial charge in [-0.2, -0.15) is 0 Å². The molecule has 6 saturated carbocycles. The van der Waals surface area contributed by atoms with Crippen molar-refractivity contribution < 1.29 is 21.0 Å². The van der Waals surface area contributed by atoms with E-state index < -0.39 is 5.89 Å². The van der Waals surface area contributed by atoms with Gasteiger partial charge in [0, 0.05) is 73.5 Å². The van der Waals surface area contributed by atoms with Crippen molar-refractivity contribution in [2.75, 3.05) is 0 Å². The first-order valence-electron chi connectivity index (χ1n) is 45.3. The summed E-state index contributed by atoms with van der Waals surface area (Å²) in [5.74, 6) is 7.17. The molecule has 0 radical (unpaired) electrons. The van der Waals surface area contributed by atoms with Gasteiger partial charge < -0.3 is 0 Å². The Kier molecular flexibility index (Phi) is 25.1. The Labute approximate surface area is 694 Å². The molecule has 8 aromatic carbocycles. The highest BCUT2D eigenvalue weighted by atomic mass is 14.9. The monoisotopic (exact) mass is 1520 g/mol. The van der Waals surface area contributed by atoms with Crippen molar-refractivity contribution in [3.8, 4) is 89.5 Å². The zero-order valence-electron chi connectivity index (χ0n) is 73.4. The number of rotatable bonds is 14. The SMILES string of the molecule is Cc1ccccc1-c1cc(-c2ccc(C(C(C)C)C(C)C)cc2)cc[n+]1C.Cc1ccccc1-c1cc(-c2ccc(C3CC[C@@H]4CCCC[C@H]4C3)cc2)cc[n+]1C.[2H]C1(c2ccc(-c3cc[n+](C)c(-c4ccccc4C)c3)cc2)CC[C@@H]2CCCC[C@H]2C1.[2H]C1(c2ccc(-c3cc[n+](C)c(-c4ccccc4C)c3)cc2)C[C@H]2CCC[C@H]2C1. The van der Waals surface area contributed by atoms with E-state index in [4.69, 9.17) is 1.37 Å². The van der Waals surface area contributed by atoms with E-state index in [1.54, 1.807) is 5.56 Å². The Morgan fingerprint density at radius 3 is 0.913 bits per heavy atom. The normalized spacial score (nSPS) is 22.4. The predicted molar refractivity (Wildman–Crippen MR) is 482 cm³/mol. The standard InChI is InChI=1S/2C29H34N.C27H30N.C26H32N/c2*1-21-7-3-6-10-28(21)29-20-27(17-18-30(29)2)24-13-11-23(12-14-24)26-16-15-22-8-4-5-9-25(22)19-26;1-19-6-3-4-9-26(19)27-18-24(14-15-28(27)2)20-10-12-21(13-11-20)25-16-22-7-5-8-23(22)17-25;1-18(2)26(19(3)4)22-13-11-21(12-14-22)23-15-16-27(6)25(17-23)24-10-8-7-9-20(24)5/h2*3,6-7,10-14,17-18,20,22,25-26H,4-5,8-9,15-16,19H2,1-2H3;3-4,6,9-15,18,22-23,25H,5,7-8,16-17H2,1-2H3;7-19,26H,1-6H3/q4*+1/t2*22-,25-,26?;22-,23+,25?;/m00../s1/i26D;;25D;. The van der Waals surface area contributed by atoms with Gasteiger partial charge in [0.2, 0.25) is 22.8 Å². The van der Waals surface area contributed by atoms with Crippen LogP contribution >= 0.6 is 0 Å². The highest BCUT2D eigenvalue weighted by Crippen LogP contribution is 2.52. The van der Waals surface area contributed by atoms with Gasteiger partial charge in [-0.25, -0.2) is 18.3 Å². The molecule has 0 amide bonds. The van der Waals surface area contributed by atoms with E-state index in [1.165, 1.54) is 225 Å². The lowest BCUT2D eigenvalue weighted by Gasteiger charge is -2.39. The van der Waals surface area contributed by atoms with Gasteiger partial charge in [-0.05, 0) is 263 Å². The van der Waals surface area contributed by atoms with E-state index in [-0.39, 0.29) is 5.89 Å². The second-order valence-electron chi connectivity index (χ2n) is 36.2. The third-order valence-corrected chi connectivity index (χ3v) is 28.1. The zero-order chi connectivity index (χ0) is 81.5. The van der Waals surface area contributed by atoms with Crippen molar-refractivity contribution in [3.63, 3.8) is 0 Å². The number of hydrogen-bond acceptors (Lipinski definition) is 0. The molecule has 0 bridgehead atoms. The van der Waals surface area contributed by atoms with Gasteiger partial charge in [0.1, 0.15) is 28.2 Å². The molecule has 0 aliphatic heterocycles. The van der Waals surface area contributed by atoms with Gasteiger partial charge >= 0.3 is 0 Å². The third kappa shape index (κ3) is 18.9. The first kappa shape index (κ1) is 77.9. The molecule has 4 aromatic heterocycles. The summed E-state index contributed by atoms with van der Waals surface area (Å²) in [6.45, 7) is 18.0. The predicted octanol–water partition coefficient (Wildman–Crippen LogP) is 27.5. The van der Waals surface area contributed by atoms with Crippen LogP contribution in [0.5, 0.6) is 0 Å². The molecule has 0 N–H and O–H groups in total. The molecule has 4 nitrogen and oxygen atoms in total. The number of aromatic nitrogens is 4. The molecule has 4 heterocycles. The molecule has 0 spiro atoms. The maximum absolute atomic E-state index is 9.25. The van der Waals surface area contributed by atoms with Gasteiger partial charge in [0.15, 0.2) is 24.8 Å². The van der Waals surface area contributed by atoms with Crippen LogP contribution in [0.3, 0.4) is 0 Å². The lowest BCUT2D eigenvalue weighted by molar-refractivity contribution is -0.660. The van der Waals surface area contributed by atoms with E-state index in [2.05, 4.69) is 369 Å². The van der Waals surface area contributed by atoms with Crippen LogP contribution in [-0.4, -0.2) is 0 Å². The number of aryl methyl sites for hydroxylation is 8. The molecular formula is C111H130N4+4. The fourth-order valence-corrected chi connectivity index (χ4v) is 21.4. The lowest BCUT2D eigenvalue weighted by atomic mass is 9.66. The van der Waals surface area contributed by atoms with Gasteiger partial charge in [0.25, 0.3) is 0 Å². The summed E-state index contributed by atoms with van der Waals surface area (Å²) in [6.07, 6.45) is 33.8. The molecular weight excluding hydrogens is 1390 g/mol. The molecule has 12 aromatic rings. The summed E-state index contributed by atoms with van der Waals surface area (Å²) in [6, 6.07) is 88.9. The molecule has 6 aliphatic carbocycles. The van der Waals surface area contributed by atoms with Crippen molar-refractivity contribution in [2.45, 2.75) is 201 Å². The van der Waals surface area contributed by atoms with Crippen LogP contribution in [0.1, 0.15) is 221 Å². The fourth-order valence-electron chi connectivity index (χ4n) is 21.4. The largest absolute Gasteiger partial charge is 0.213 e.